The van der Waals surface area contributed by atoms with Crippen molar-refractivity contribution in [3.8, 4) is 0 Å². The molecule has 1 saturated heterocycles. The first-order valence-electron chi connectivity index (χ1n) is 6.59. The van der Waals surface area contributed by atoms with E-state index in [0.29, 0.717) is 5.88 Å². The minimum atomic E-state index is 0.0317. The van der Waals surface area contributed by atoms with Gasteiger partial charge in [-0.15, -0.1) is 11.6 Å². The molecule has 0 spiro atoms. The molecule has 19 heavy (non-hydrogen) atoms. The quantitative estimate of drug-likeness (QED) is 0.778. The van der Waals surface area contributed by atoms with E-state index in [1.807, 2.05) is 29.2 Å². The van der Waals surface area contributed by atoms with Crippen LogP contribution < -0.4 is 0 Å². The minimum absolute atomic E-state index is 0.0317. The molecule has 1 fully saturated rings. The Labute approximate surface area is 120 Å². The van der Waals surface area contributed by atoms with Gasteiger partial charge in [0.15, 0.2) is 0 Å². The predicted octanol–water partition coefficient (Wildman–Crippen LogP) is 2.59. The van der Waals surface area contributed by atoms with Crippen LogP contribution in [0.15, 0.2) is 24.3 Å². The molecular formula is C15H21ClN2O. The molecule has 0 bridgehead atoms. The number of piperazine rings is 1. The Morgan fingerprint density at radius 3 is 2.42 bits per heavy atom. The SMILES string of the molecule is CN1CCN(C(=O)c2ccc(CCl)cc2)CC1(C)C. The molecule has 4 heteroatoms. The average molecular weight is 281 g/mol. The molecule has 1 aliphatic rings. The normalized spacial score (nSPS) is 19.5. The van der Waals surface area contributed by atoms with Crippen LogP contribution in [0.4, 0.5) is 0 Å². The summed E-state index contributed by atoms with van der Waals surface area (Å²) in [4.78, 5) is 16.7. The Morgan fingerprint density at radius 1 is 1.26 bits per heavy atom. The highest BCUT2D eigenvalue weighted by molar-refractivity contribution is 6.17. The first kappa shape index (κ1) is 14.4. The van der Waals surface area contributed by atoms with E-state index in [0.717, 1.165) is 30.8 Å². The number of likely N-dealkylation sites (N-methyl/N-ethyl adjacent to an activating group) is 1. The topological polar surface area (TPSA) is 23.6 Å². The summed E-state index contributed by atoms with van der Waals surface area (Å²) in [5.41, 5.74) is 1.82. The van der Waals surface area contributed by atoms with Gasteiger partial charge in [0.05, 0.1) is 0 Å². The van der Waals surface area contributed by atoms with Crippen molar-refractivity contribution < 1.29 is 4.79 Å². The molecule has 0 aromatic heterocycles. The van der Waals surface area contributed by atoms with E-state index in [1.54, 1.807) is 0 Å². The Hall–Kier alpha value is -1.06. The van der Waals surface area contributed by atoms with Crippen molar-refractivity contribution in [3.63, 3.8) is 0 Å². The third-order valence-electron chi connectivity index (χ3n) is 3.96. The first-order valence-corrected chi connectivity index (χ1v) is 7.13. The molecule has 1 amide bonds. The molecule has 2 rings (SSSR count). The summed E-state index contributed by atoms with van der Waals surface area (Å²) in [6.07, 6.45) is 0. The van der Waals surface area contributed by atoms with Crippen LogP contribution in [0.2, 0.25) is 0 Å². The number of amides is 1. The molecule has 0 saturated carbocycles. The fraction of sp³-hybridized carbons (Fsp3) is 0.533. The summed E-state index contributed by atoms with van der Waals surface area (Å²) in [5.74, 6) is 0.595. The Bertz CT molecular complexity index is 456. The molecule has 0 aliphatic carbocycles. The van der Waals surface area contributed by atoms with Crippen LogP contribution in [0, 0.1) is 0 Å². The van der Waals surface area contributed by atoms with Crippen molar-refractivity contribution in [1.82, 2.24) is 9.80 Å². The third-order valence-corrected chi connectivity index (χ3v) is 4.27. The lowest BCUT2D eigenvalue weighted by Gasteiger charge is -2.45. The van der Waals surface area contributed by atoms with E-state index in [4.69, 9.17) is 11.6 Å². The van der Waals surface area contributed by atoms with Crippen molar-refractivity contribution in [3.05, 3.63) is 35.4 Å². The number of nitrogens with zero attached hydrogens (tertiary/aromatic N) is 2. The van der Waals surface area contributed by atoms with Gasteiger partial charge in [-0.05, 0) is 38.6 Å². The van der Waals surface area contributed by atoms with E-state index >= 15 is 0 Å². The van der Waals surface area contributed by atoms with Crippen molar-refractivity contribution in [2.24, 2.45) is 0 Å². The average Bonchev–Trinajstić information content (AvgIpc) is 2.41. The number of benzene rings is 1. The molecule has 1 aromatic carbocycles. The van der Waals surface area contributed by atoms with Crippen molar-refractivity contribution in [1.29, 1.82) is 0 Å². The second kappa shape index (κ2) is 5.51. The van der Waals surface area contributed by atoms with Crippen LogP contribution in [0.25, 0.3) is 0 Å². The second-order valence-electron chi connectivity index (χ2n) is 5.79. The minimum Gasteiger partial charge on any atom is -0.336 e. The maximum Gasteiger partial charge on any atom is 0.253 e. The van der Waals surface area contributed by atoms with Crippen LogP contribution >= 0.6 is 11.6 Å². The van der Waals surface area contributed by atoms with Crippen LogP contribution in [-0.2, 0) is 5.88 Å². The lowest BCUT2D eigenvalue weighted by Crippen LogP contribution is -2.58. The lowest BCUT2D eigenvalue weighted by molar-refractivity contribution is 0.0311. The highest BCUT2D eigenvalue weighted by Gasteiger charge is 2.33. The van der Waals surface area contributed by atoms with Crippen LogP contribution in [0.5, 0.6) is 0 Å². The largest absolute Gasteiger partial charge is 0.336 e. The number of halogens is 1. The molecule has 0 unspecified atom stereocenters. The van der Waals surface area contributed by atoms with Gasteiger partial charge >= 0.3 is 0 Å². The maximum absolute atomic E-state index is 12.5. The van der Waals surface area contributed by atoms with E-state index in [1.165, 1.54) is 0 Å². The molecule has 104 valence electrons. The predicted molar refractivity (Wildman–Crippen MR) is 78.6 cm³/mol. The van der Waals surface area contributed by atoms with E-state index in [-0.39, 0.29) is 11.4 Å². The zero-order valence-corrected chi connectivity index (χ0v) is 12.6. The van der Waals surface area contributed by atoms with Gasteiger partial charge in [0, 0.05) is 36.6 Å². The smallest absolute Gasteiger partial charge is 0.253 e. The van der Waals surface area contributed by atoms with Crippen LogP contribution in [0.3, 0.4) is 0 Å². The summed E-state index contributed by atoms with van der Waals surface area (Å²) in [7, 11) is 2.11. The maximum atomic E-state index is 12.5. The number of alkyl halides is 1. The first-order chi connectivity index (χ1) is 8.94. The number of rotatable bonds is 2. The molecule has 0 N–H and O–H groups in total. The summed E-state index contributed by atoms with van der Waals surface area (Å²) >= 11 is 5.76. The van der Waals surface area contributed by atoms with Crippen molar-refractivity contribution in [2.75, 3.05) is 26.7 Å². The van der Waals surface area contributed by atoms with Gasteiger partial charge in [-0.1, -0.05) is 12.1 Å². The fourth-order valence-corrected chi connectivity index (χ4v) is 2.51. The summed E-state index contributed by atoms with van der Waals surface area (Å²) < 4.78 is 0. The van der Waals surface area contributed by atoms with Gasteiger partial charge in [-0.25, -0.2) is 0 Å². The number of hydrogen-bond donors (Lipinski definition) is 0. The summed E-state index contributed by atoms with van der Waals surface area (Å²) in [5, 5.41) is 0. The van der Waals surface area contributed by atoms with Gasteiger partial charge in [-0.2, -0.15) is 0 Å². The molecular weight excluding hydrogens is 260 g/mol. The zero-order chi connectivity index (χ0) is 14.0. The molecule has 1 aromatic rings. The van der Waals surface area contributed by atoms with Gasteiger partial charge in [0.1, 0.15) is 0 Å². The van der Waals surface area contributed by atoms with Gasteiger partial charge in [0.25, 0.3) is 5.91 Å². The number of carbonyl (C=O) groups is 1. The van der Waals surface area contributed by atoms with Crippen molar-refractivity contribution in [2.45, 2.75) is 25.3 Å². The molecule has 3 nitrogen and oxygen atoms in total. The van der Waals surface area contributed by atoms with Gasteiger partial charge in [-0.3, -0.25) is 9.69 Å². The zero-order valence-electron chi connectivity index (χ0n) is 11.8. The van der Waals surface area contributed by atoms with Crippen LogP contribution in [0.1, 0.15) is 29.8 Å². The highest BCUT2D eigenvalue weighted by Crippen LogP contribution is 2.20. The van der Waals surface area contributed by atoms with E-state index in [2.05, 4.69) is 25.8 Å². The lowest BCUT2D eigenvalue weighted by atomic mass is 9.99. The molecule has 1 aliphatic heterocycles. The van der Waals surface area contributed by atoms with Gasteiger partial charge < -0.3 is 4.90 Å². The monoisotopic (exact) mass is 280 g/mol. The third kappa shape index (κ3) is 3.10. The molecule has 0 atom stereocenters. The Morgan fingerprint density at radius 2 is 1.89 bits per heavy atom. The van der Waals surface area contributed by atoms with Gasteiger partial charge in [0.2, 0.25) is 0 Å². The summed E-state index contributed by atoms with van der Waals surface area (Å²) in [6, 6.07) is 7.57. The number of carbonyl (C=O) groups excluding carboxylic acids is 1. The second-order valence-corrected chi connectivity index (χ2v) is 6.06. The van der Waals surface area contributed by atoms with E-state index < -0.39 is 0 Å². The standard InChI is InChI=1S/C15H21ClN2O/c1-15(2)11-18(9-8-17(15)3)14(19)13-6-4-12(10-16)5-7-13/h4-7H,8-11H2,1-3H3. The Kier molecular flexibility index (Phi) is 4.16. The summed E-state index contributed by atoms with van der Waals surface area (Å²) in [6.45, 7) is 6.81. The Balaban J connectivity index is 2.11. The van der Waals surface area contributed by atoms with Crippen LogP contribution in [-0.4, -0.2) is 47.9 Å². The fourth-order valence-electron chi connectivity index (χ4n) is 2.33. The van der Waals surface area contributed by atoms with E-state index in [9.17, 15) is 4.79 Å². The molecule has 0 radical (unpaired) electrons. The molecule has 1 heterocycles. The van der Waals surface area contributed by atoms with Crippen molar-refractivity contribution >= 4 is 17.5 Å². The number of hydrogen-bond acceptors (Lipinski definition) is 2. The highest BCUT2D eigenvalue weighted by atomic mass is 35.5.